The number of H-pyrrole nitrogens is 1. The predicted molar refractivity (Wildman–Crippen MR) is 125 cm³/mol. The summed E-state index contributed by atoms with van der Waals surface area (Å²) in [6.07, 6.45) is 0.269. The zero-order valence-electron chi connectivity index (χ0n) is 18.2. The topological polar surface area (TPSA) is 101 Å². The molecule has 8 heteroatoms. The number of rotatable bonds is 8. The van der Waals surface area contributed by atoms with E-state index in [-0.39, 0.29) is 23.3 Å². The normalized spacial score (nSPS) is 10.8. The molecule has 0 aliphatic carbocycles. The van der Waals surface area contributed by atoms with E-state index in [4.69, 9.17) is 4.74 Å². The van der Waals surface area contributed by atoms with Crippen molar-refractivity contribution in [3.63, 3.8) is 0 Å². The third-order valence-electron chi connectivity index (χ3n) is 4.49. The largest absolute Gasteiger partial charge is 0.459 e. The lowest BCUT2D eigenvalue weighted by Gasteiger charge is -2.10. The summed E-state index contributed by atoms with van der Waals surface area (Å²) in [5, 5.41) is 3.13. The standard InChI is InChI=1S/C24H25N3O4S/c1-15(2)31-23(30)18-10-7-11-19(13-18)26-21(28)14-32-24-25-16(3)20(22(29)27-24)12-17-8-5-4-6-9-17/h4-11,13,15H,12,14H2,1-3H3,(H,26,28)(H,25,27,29). The van der Waals surface area contributed by atoms with Crippen LogP contribution in [0.1, 0.15) is 41.0 Å². The second kappa shape index (κ2) is 10.8. The minimum Gasteiger partial charge on any atom is -0.459 e. The number of carbonyl (C=O) groups excluding carboxylic acids is 2. The summed E-state index contributed by atoms with van der Waals surface area (Å²) < 4.78 is 5.17. The van der Waals surface area contributed by atoms with Gasteiger partial charge < -0.3 is 15.0 Å². The Balaban J connectivity index is 1.60. The first-order valence-electron chi connectivity index (χ1n) is 10.2. The number of nitrogens with one attached hydrogen (secondary N) is 2. The van der Waals surface area contributed by atoms with Gasteiger partial charge in [-0.05, 0) is 44.5 Å². The smallest absolute Gasteiger partial charge is 0.338 e. The van der Waals surface area contributed by atoms with Gasteiger partial charge in [0.1, 0.15) is 0 Å². The molecule has 1 amide bonds. The first-order chi connectivity index (χ1) is 15.3. The number of aromatic amines is 1. The van der Waals surface area contributed by atoms with Crippen LogP contribution < -0.4 is 10.9 Å². The quantitative estimate of drug-likeness (QED) is 0.305. The SMILES string of the molecule is Cc1nc(SCC(=O)Nc2cccc(C(=O)OC(C)C)c2)[nH]c(=O)c1Cc1ccccc1. The highest BCUT2D eigenvalue weighted by atomic mass is 32.2. The molecular weight excluding hydrogens is 426 g/mol. The molecule has 0 saturated heterocycles. The van der Waals surface area contributed by atoms with Crippen LogP contribution in [0.2, 0.25) is 0 Å². The van der Waals surface area contributed by atoms with Gasteiger partial charge in [-0.15, -0.1) is 0 Å². The second-order valence-electron chi connectivity index (χ2n) is 7.47. The Bertz CT molecular complexity index is 1160. The van der Waals surface area contributed by atoms with Crippen LogP contribution in [0.4, 0.5) is 5.69 Å². The fourth-order valence-corrected chi connectivity index (χ4v) is 3.70. The van der Waals surface area contributed by atoms with Crippen LogP contribution in [0.15, 0.2) is 64.5 Å². The number of aryl methyl sites for hydroxylation is 1. The monoisotopic (exact) mass is 451 g/mol. The van der Waals surface area contributed by atoms with Gasteiger partial charge in [0, 0.05) is 23.4 Å². The first-order valence-corrected chi connectivity index (χ1v) is 11.2. The second-order valence-corrected chi connectivity index (χ2v) is 8.43. The third kappa shape index (κ3) is 6.55. The molecule has 32 heavy (non-hydrogen) atoms. The van der Waals surface area contributed by atoms with Crippen molar-refractivity contribution in [1.29, 1.82) is 0 Å². The number of anilines is 1. The van der Waals surface area contributed by atoms with Crippen LogP contribution in [-0.2, 0) is 16.0 Å². The fraction of sp³-hybridized carbons (Fsp3) is 0.250. The predicted octanol–water partition coefficient (Wildman–Crippen LogP) is 3.97. The third-order valence-corrected chi connectivity index (χ3v) is 5.36. The van der Waals surface area contributed by atoms with E-state index >= 15 is 0 Å². The lowest BCUT2D eigenvalue weighted by atomic mass is 10.1. The molecule has 0 aliphatic rings. The lowest BCUT2D eigenvalue weighted by molar-refractivity contribution is -0.113. The maximum atomic E-state index is 12.5. The summed E-state index contributed by atoms with van der Waals surface area (Å²) in [6, 6.07) is 16.3. The number of hydrogen-bond acceptors (Lipinski definition) is 6. The maximum absolute atomic E-state index is 12.5. The van der Waals surface area contributed by atoms with Crippen molar-refractivity contribution in [2.45, 2.75) is 38.5 Å². The molecule has 0 atom stereocenters. The Labute approximate surface area is 190 Å². The van der Waals surface area contributed by atoms with Gasteiger partial charge in [0.15, 0.2) is 5.16 Å². The number of aromatic nitrogens is 2. The highest BCUT2D eigenvalue weighted by molar-refractivity contribution is 7.99. The molecular formula is C24H25N3O4S. The minimum absolute atomic E-state index is 0.0566. The Morgan fingerprint density at radius 1 is 1.12 bits per heavy atom. The number of hydrogen-bond donors (Lipinski definition) is 2. The molecule has 0 radical (unpaired) electrons. The Morgan fingerprint density at radius 3 is 2.56 bits per heavy atom. The van der Waals surface area contributed by atoms with Gasteiger partial charge in [-0.3, -0.25) is 9.59 Å². The first kappa shape index (κ1) is 23.3. The van der Waals surface area contributed by atoms with Gasteiger partial charge in [-0.25, -0.2) is 9.78 Å². The summed E-state index contributed by atoms with van der Waals surface area (Å²) in [5.74, 6) is -0.669. The molecule has 0 aliphatic heterocycles. The van der Waals surface area contributed by atoms with Crippen LogP contribution in [0.3, 0.4) is 0 Å². The van der Waals surface area contributed by atoms with E-state index in [1.807, 2.05) is 30.3 Å². The highest BCUT2D eigenvalue weighted by Gasteiger charge is 2.13. The van der Waals surface area contributed by atoms with Crippen molar-refractivity contribution in [2.75, 3.05) is 11.1 Å². The van der Waals surface area contributed by atoms with Gasteiger partial charge in [-0.1, -0.05) is 48.2 Å². The van der Waals surface area contributed by atoms with E-state index in [1.165, 1.54) is 0 Å². The molecule has 0 saturated carbocycles. The Kier molecular flexibility index (Phi) is 7.83. The molecule has 166 valence electrons. The molecule has 0 bridgehead atoms. The van der Waals surface area contributed by atoms with Gasteiger partial charge in [0.25, 0.3) is 5.56 Å². The number of amides is 1. The average molecular weight is 452 g/mol. The molecule has 2 aromatic carbocycles. The van der Waals surface area contributed by atoms with E-state index in [0.717, 1.165) is 17.3 Å². The number of benzene rings is 2. The molecule has 1 heterocycles. The number of ether oxygens (including phenoxy) is 1. The van der Waals surface area contributed by atoms with E-state index < -0.39 is 5.97 Å². The van der Waals surface area contributed by atoms with E-state index in [1.54, 1.807) is 45.0 Å². The lowest BCUT2D eigenvalue weighted by Crippen LogP contribution is -2.19. The molecule has 0 fully saturated rings. The molecule has 0 spiro atoms. The van der Waals surface area contributed by atoms with Gasteiger partial charge in [0.2, 0.25) is 5.91 Å². The van der Waals surface area contributed by atoms with Crippen molar-refractivity contribution in [2.24, 2.45) is 0 Å². The van der Waals surface area contributed by atoms with E-state index in [9.17, 15) is 14.4 Å². The average Bonchev–Trinajstić information content (AvgIpc) is 2.75. The number of esters is 1. The Morgan fingerprint density at radius 2 is 1.88 bits per heavy atom. The summed E-state index contributed by atoms with van der Waals surface area (Å²) in [6.45, 7) is 5.34. The minimum atomic E-state index is -0.446. The number of carbonyl (C=O) groups is 2. The summed E-state index contributed by atoms with van der Waals surface area (Å²) >= 11 is 1.14. The van der Waals surface area contributed by atoms with Crippen molar-refractivity contribution in [3.8, 4) is 0 Å². The van der Waals surface area contributed by atoms with Crippen LogP contribution in [0, 0.1) is 6.92 Å². The highest BCUT2D eigenvalue weighted by Crippen LogP contribution is 2.17. The number of nitrogens with zero attached hydrogens (tertiary/aromatic N) is 1. The number of thioether (sulfide) groups is 1. The molecule has 3 rings (SSSR count). The Hall–Kier alpha value is -3.39. The zero-order chi connectivity index (χ0) is 23.1. The van der Waals surface area contributed by atoms with Crippen LogP contribution in [0.25, 0.3) is 0 Å². The molecule has 0 unspecified atom stereocenters. The van der Waals surface area contributed by atoms with Crippen LogP contribution >= 0.6 is 11.8 Å². The van der Waals surface area contributed by atoms with Gasteiger partial charge >= 0.3 is 5.97 Å². The molecule has 1 aromatic heterocycles. The van der Waals surface area contributed by atoms with Crippen molar-refractivity contribution in [3.05, 3.63) is 87.3 Å². The maximum Gasteiger partial charge on any atom is 0.338 e. The van der Waals surface area contributed by atoms with Crippen molar-refractivity contribution >= 4 is 29.3 Å². The summed E-state index contributed by atoms with van der Waals surface area (Å²) in [5.41, 5.74) is 2.92. The van der Waals surface area contributed by atoms with Crippen LogP contribution in [0.5, 0.6) is 0 Å². The molecule has 2 N–H and O–H groups in total. The fourth-order valence-electron chi connectivity index (χ4n) is 3.00. The van der Waals surface area contributed by atoms with Gasteiger partial charge in [0.05, 0.1) is 17.4 Å². The van der Waals surface area contributed by atoms with E-state index in [2.05, 4.69) is 15.3 Å². The zero-order valence-corrected chi connectivity index (χ0v) is 19.0. The van der Waals surface area contributed by atoms with Gasteiger partial charge in [-0.2, -0.15) is 0 Å². The van der Waals surface area contributed by atoms with Crippen LogP contribution in [-0.4, -0.2) is 33.7 Å². The summed E-state index contributed by atoms with van der Waals surface area (Å²) in [7, 11) is 0. The molecule has 7 nitrogen and oxygen atoms in total. The van der Waals surface area contributed by atoms with E-state index in [0.29, 0.717) is 34.1 Å². The van der Waals surface area contributed by atoms with Crippen molar-refractivity contribution < 1.29 is 14.3 Å². The molecule has 3 aromatic rings. The van der Waals surface area contributed by atoms with Crippen molar-refractivity contribution in [1.82, 2.24) is 9.97 Å². The summed E-state index contributed by atoms with van der Waals surface area (Å²) in [4.78, 5) is 44.1.